The lowest BCUT2D eigenvalue weighted by atomic mass is 10.1. The van der Waals surface area contributed by atoms with E-state index in [-0.39, 0.29) is 10.7 Å². The van der Waals surface area contributed by atoms with Gasteiger partial charge in [0, 0.05) is 7.05 Å². The van der Waals surface area contributed by atoms with Gasteiger partial charge in [-0.1, -0.05) is 12.1 Å². The Morgan fingerprint density at radius 1 is 1.25 bits per heavy atom. The molecule has 1 aromatic carbocycles. The molecule has 1 aromatic heterocycles. The molecule has 0 aliphatic rings. The van der Waals surface area contributed by atoms with E-state index in [2.05, 4.69) is 9.82 Å². The Morgan fingerprint density at radius 3 is 2.45 bits per heavy atom. The van der Waals surface area contributed by atoms with E-state index in [9.17, 15) is 8.42 Å². The molecule has 20 heavy (non-hydrogen) atoms. The number of aromatic nitrogens is 2. The summed E-state index contributed by atoms with van der Waals surface area (Å²) in [6.07, 6.45) is 0. The van der Waals surface area contributed by atoms with E-state index in [1.54, 1.807) is 26.1 Å². The molecular formula is C13H18N4O2S. The highest BCUT2D eigenvalue weighted by Crippen LogP contribution is 2.26. The average Bonchev–Trinajstić information content (AvgIpc) is 2.59. The summed E-state index contributed by atoms with van der Waals surface area (Å²) in [4.78, 5) is 0.0286. The Bertz CT molecular complexity index is 763. The van der Waals surface area contributed by atoms with Crippen molar-refractivity contribution in [1.82, 2.24) is 9.78 Å². The molecule has 0 aliphatic carbocycles. The number of aryl methyl sites for hydroxylation is 2. The molecular weight excluding hydrogens is 276 g/mol. The molecule has 2 rings (SSSR count). The molecule has 0 radical (unpaired) electrons. The standard InChI is InChI=1S/C13H18N4O2S/c1-8-6-5-7-11(9(8)2)16-20(18,19)12-10(3)17(4)15-13(12)14/h5-7,16H,1-4H3,(H2,14,15). The van der Waals surface area contributed by atoms with E-state index in [4.69, 9.17) is 5.73 Å². The van der Waals surface area contributed by atoms with Crippen molar-refractivity contribution in [2.24, 2.45) is 7.05 Å². The van der Waals surface area contributed by atoms with E-state index in [0.29, 0.717) is 11.4 Å². The molecule has 7 heteroatoms. The van der Waals surface area contributed by atoms with Crippen LogP contribution in [-0.2, 0) is 17.1 Å². The predicted molar refractivity (Wildman–Crippen MR) is 79.1 cm³/mol. The van der Waals surface area contributed by atoms with Crippen LogP contribution in [0.2, 0.25) is 0 Å². The number of rotatable bonds is 3. The van der Waals surface area contributed by atoms with Crippen LogP contribution in [0, 0.1) is 20.8 Å². The van der Waals surface area contributed by atoms with Crippen molar-refractivity contribution in [1.29, 1.82) is 0 Å². The quantitative estimate of drug-likeness (QED) is 0.902. The molecule has 0 aliphatic heterocycles. The first-order chi connectivity index (χ1) is 9.24. The molecule has 1 heterocycles. The first kappa shape index (κ1) is 14.4. The molecule has 2 aromatic rings. The van der Waals surface area contributed by atoms with Crippen LogP contribution in [0.1, 0.15) is 16.8 Å². The lowest BCUT2D eigenvalue weighted by Gasteiger charge is -2.12. The summed E-state index contributed by atoms with van der Waals surface area (Å²) in [6, 6.07) is 5.46. The van der Waals surface area contributed by atoms with Gasteiger partial charge in [-0.2, -0.15) is 5.10 Å². The van der Waals surface area contributed by atoms with Gasteiger partial charge in [-0.3, -0.25) is 9.40 Å². The summed E-state index contributed by atoms with van der Waals surface area (Å²) in [5.41, 5.74) is 8.65. The number of hydrogen-bond acceptors (Lipinski definition) is 4. The van der Waals surface area contributed by atoms with E-state index in [0.717, 1.165) is 11.1 Å². The van der Waals surface area contributed by atoms with Gasteiger partial charge < -0.3 is 5.73 Å². The van der Waals surface area contributed by atoms with Crippen molar-refractivity contribution in [2.75, 3.05) is 10.5 Å². The molecule has 0 saturated carbocycles. The van der Waals surface area contributed by atoms with Gasteiger partial charge in [0.15, 0.2) is 10.7 Å². The zero-order valence-corrected chi connectivity index (χ0v) is 12.7. The number of nitrogens with two attached hydrogens (primary N) is 1. The lowest BCUT2D eigenvalue weighted by molar-refractivity contribution is 0.600. The van der Waals surface area contributed by atoms with Gasteiger partial charge in [0.1, 0.15) is 0 Å². The Hall–Kier alpha value is -2.02. The highest BCUT2D eigenvalue weighted by atomic mass is 32.2. The number of sulfonamides is 1. The van der Waals surface area contributed by atoms with Crippen LogP contribution in [0.15, 0.2) is 23.1 Å². The Labute approximate surface area is 118 Å². The van der Waals surface area contributed by atoms with Crippen LogP contribution >= 0.6 is 0 Å². The molecule has 0 spiro atoms. The Balaban J connectivity index is 2.49. The first-order valence-corrected chi connectivity index (χ1v) is 7.60. The largest absolute Gasteiger partial charge is 0.381 e. The zero-order chi connectivity index (χ0) is 15.1. The number of hydrogen-bond donors (Lipinski definition) is 2. The molecule has 6 nitrogen and oxygen atoms in total. The highest BCUT2D eigenvalue weighted by molar-refractivity contribution is 7.93. The van der Waals surface area contributed by atoms with Gasteiger partial charge in [0.2, 0.25) is 0 Å². The fraction of sp³-hybridized carbons (Fsp3) is 0.308. The predicted octanol–water partition coefficient (Wildman–Crippen LogP) is 1.73. The highest BCUT2D eigenvalue weighted by Gasteiger charge is 2.25. The molecule has 108 valence electrons. The van der Waals surface area contributed by atoms with E-state index < -0.39 is 10.0 Å². The number of benzene rings is 1. The van der Waals surface area contributed by atoms with Crippen molar-refractivity contribution >= 4 is 21.5 Å². The molecule has 0 fully saturated rings. The van der Waals surface area contributed by atoms with E-state index in [1.165, 1.54) is 4.68 Å². The van der Waals surface area contributed by atoms with Crippen molar-refractivity contribution < 1.29 is 8.42 Å². The minimum Gasteiger partial charge on any atom is -0.381 e. The van der Waals surface area contributed by atoms with E-state index >= 15 is 0 Å². The third kappa shape index (κ3) is 2.36. The molecule has 0 amide bonds. The number of nitrogen functional groups attached to an aromatic ring is 1. The average molecular weight is 294 g/mol. The van der Waals surface area contributed by atoms with Crippen LogP contribution in [-0.4, -0.2) is 18.2 Å². The zero-order valence-electron chi connectivity index (χ0n) is 11.9. The topological polar surface area (TPSA) is 90.0 Å². The second-order valence-corrected chi connectivity index (χ2v) is 6.40. The van der Waals surface area contributed by atoms with Crippen molar-refractivity contribution in [3.63, 3.8) is 0 Å². The van der Waals surface area contributed by atoms with Gasteiger partial charge in [-0.25, -0.2) is 8.42 Å². The van der Waals surface area contributed by atoms with Crippen LogP contribution < -0.4 is 10.5 Å². The summed E-state index contributed by atoms with van der Waals surface area (Å²) in [7, 11) is -2.10. The minimum absolute atomic E-state index is 0.00260. The SMILES string of the molecule is Cc1cccc(NS(=O)(=O)c2c(N)nn(C)c2C)c1C. The van der Waals surface area contributed by atoms with Crippen LogP contribution in [0.4, 0.5) is 11.5 Å². The monoisotopic (exact) mass is 294 g/mol. The van der Waals surface area contributed by atoms with Crippen molar-refractivity contribution in [2.45, 2.75) is 25.7 Å². The maximum Gasteiger partial charge on any atom is 0.267 e. The molecule has 0 atom stereocenters. The molecule has 0 unspecified atom stereocenters. The van der Waals surface area contributed by atoms with Gasteiger partial charge >= 0.3 is 0 Å². The van der Waals surface area contributed by atoms with Crippen LogP contribution in [0.5, 0.6) is 0 Å². The summed E-state index contributed by atoms with van der Waals surface area (Å²) in [5.74, 6) is 0.00260. The Morgan fingerprint density at radius 2 is 1.90 bits per heavy atom. The molecule has 0 bridgehead atoms. The normalized spacial score (nSPS) is 11.6. The minimum atomic E-state index is -3.75. The second kappa shape index (κ2) is 4.82. The van der Waals surface area contributed by atoms with E-state index in [1.807, 2.05) is 19.9 Å². The molecule has 0 saturated heterocycles. The maximum absolute atomic E-state index is 12.5. The van der Waals surface area contributed by atoms with Gasteiger partial charge in [-0.05, 0) is 38.0 Å². The smallest absolute Gasteiger partial charge is 0.267 e. The van der Waals surface area contributed by atoms with Gasteiger partial charge in [0.05, 0.1) is 11.4 Å². The van der Waals surface area contributed by atoms with Gasteiger partial charge in [0.25, 0.3) is 10.0 Å². The fourth-order valence-corrected chi connectivity index (χ4v) is 3.45. The summed E-state index contributed by atoms with van der Waals surface area (Å²) in [6.45, 7) is 5.46. The van der Waals surface area contributed by atoms with Crippen LogP contribution in [0.25, 0.3) is 0 Å². The fourth-order valence-electron chi connectivity index (χ4n) is 2.00. The van der Waals surface area contributed by atoms with Gasteiger partial charge in [-0.15, -0.1) is 0 Å². The summed E-state index contributed by atoms with van der Waals surface area (Å²) in [5, 5.41) is 3.93. The third-order valence-electron chi connectivity index (χ3n) is 3.42. The van der Waals surface area contributed by atoms with Crippen molar-refractivity contribution in [3.05, 3.63) is 35.0 Å². The summed E-state index contributed by atoms with van der Waals surface area (Å²) >= 11 is 0. The van der Waals surface area contributed by atoms with Crippen LogP contribution in [0.3, 0.4) is 0 Å². The number of nitrogens with one attached hydrogen (secondary N) is 1. The Kier molecular flexibility index (Phi) is 3.47. The summed E-state index contributed by atoms with van der Waals surface area (Å²) < 4.78 is 29.0. The second-order valence-electron chi connectivity index (χ2n) is 4.78. The molecule has 3 N–H and O–H groups in total. The lowest BCUT2D eigenvalue weighted by Crippen LogP contribution is -2.16. The first-order valence-electron chi connectivity index (χ1n) is 6.12. The third-order valence-corrected chi connectivity index (χ3v) is 4.95. The number of nitrogens with zero attached hydrogens (tertiary/aromatic N) is 2. The number of anilines is 2. The maximum atomic E-state index is 12.5. The van der Waals surface area contributed by atoms with Crippen molar-refractivity contribution in [3.8, 4) is 0 Å².